The van der Waals surface area contributed by atoms with Crippen LogP contribution in [0.2, 0.25) is 0 Å². The van der Waals surface area contributed by atoms with Crippen molar-refractivity contribution in [1.82, 2.24) is 0 Å². The molecule has 1 saturated heterocycles. The summed E-state index contributed by atoms with van der Waals surface area (Å²) < 4.78 is 26.6. The van der Waals surface area contributed by atoms with Gasteiger partial charge in [0.05, 0.1) is 47.2 Å². The van der Waals surface area contributed by atoms with E-state index in [1.165, 1.54) is 40.8 Å². The van der Waals surface area contributed by atoms with Gasteiger partial charge in [-0.25, -0.2) is 9.59 Å². The van der Waals surface area contributed by atoms with E-state index < -0.39 is 16.7 Å². The molecule has 2 aromatic heterocycles. The molecule has 1 aliphatic carbocycles. The minimum absolute atomic E-state index is 0.0279. The molecule has 6 unspecified atom stereocenters. The lowest BCUT2D eigenvalue weighted by atomic mass is 9.64. The molecule has 0 spiro atoms. The molecule has 3 aromatic rings. The zero-order chi connectivity index (χ0) is 51.6. The van der Waals surface area contributed by atoms with Crippen LogP contribution in [0.4, 0.5) is 5.69 Å². The molecule has 74 heavy (non-hydrogen) atoms. The van der Waals surface area contributed by atoms with E-state index >= 15 is 0 Å². The van der Waals surface area contributed by atoms with Gasteiger partial charge in [-0.2, -0.15) is 10.5 Å². The molecule has 6 atom stereocenters. The highest BCUT2D eigenvalue weighted by atomic mass is 32.2. The fourth-order valence-electron chi connectivity index (χ4n) is 10.1. The summed E-state index contributed by atoms with van der Waals surface area (Å²) in [5, 5.41) is 37.2. The van der Waals surface area contributed by atoms with Crippen LogP contribution in [-0.4, -0.2) is 58.4 Å². The van der Waals surface area contributed by atoms with Crippen LogP contribution in [-0.2, 0) is 34.0 Å². The van der Waals surface area contributed by atoms with Crippen molar-refractivity contribution in [2.75, 3.05) is 18.1 Å². The first-order valence-electron chi connectivity index (χ1n) is 23.4. The number of nitrogens with zero attached hydrogens (tertiary/aromatic N) is 3. The molecule has 1 fully saturated rings. The van der Waals surface area contributed by atoms with Crippen LogP contribution in [0.1, 0.15) is 53.8 Å². The van der Waals surface area contributed by atoms with Gasteiger partial charge in [-0.3, -0.25) is 0 Å². The smallest absolute Gasteiger partial charge is 0.346 e. The van der Waals surface area contributed by atoms with Gasteiger partial charge >= 0.3 is 11.9 Å². The molecule has 7 aliphatic heterocycles. The van der Waals surface area contributed by atoms with Gasteiger partial charge in [-0.15, -0.1) is 46.2 Å². The molecule has 11 nitrogen and oxygen atoms in total. The zero-order valence-corrected chi connectivity index (χ0v) is 44.9. The van der Waals surface area contributed by atoms with Gasteiger partial charge in [-0.05, 0) is 85.2 Å². The molecule has 0 radical (unpaired) electrons. The molecule has 370 valence electrons. The zero-order valence-electron chi connectivity index (χ0n) is 40.0. The number of hydrogen-bond acceptors (Lipinski definition) is 15. The Balaban J connectivity index is 0.850. The molecule has 0 amide bonds. The maximum absolute atomic E-state index is 11.5. The van der Waals surface area contributed by atoms with E-state index in [1.54, 1.807) is 71.3 Å². The fraction of sp³-hybridized carbons (Fsp3) is 0.228. The molecule has 9 heterocycles. The predicted molar refractivity (Wildman–Crippen MR) is 298 cm³/mol. The maximum Gasteiger partial charge on any atom is 0.346 e. The molecular formula is C57H43N3O8S6. The SMILES string of the molecule is C=C/C(=C\C)N1c2ccc(/C=C/C3=C4OC=COC4C(c4cc5sc(/C=C(\C#N)C(=O)O)cc5s4)S3)cc2C(C)(C)C2C=C(/C=C/C3=C4OCCOC4C(C)(C4=C=C5SC(/C=C(\C#N)C(=O)O)=C=C5S4)S3)C=CC21. The van der Waals surface area contributed by atoms with E-state index in [0.717, 1.165) is 77.7 Å². The van der Waals surface area contributed by atoms with E-state index in [2.05, 4.69) is 117 Å². The van der Waals surface area contributed by atoms with Crippen molar-refractivity contribution in [2.24, 2.45) is 5.92 Å². The third kappa shape index (κ3) is 8.76. The number of allylic oxidation sites excluding steroid dienone is 7. The summed E-state index contributed by atoms with van der Waals surface area (Å²) in [6.45, 7) is 14.0. The minimum atomic E-state index is -1.27. The molecule has 11 rings (SSSR count). The van der Waals surface area contributed by atoms with Crippen LogP contribution < -0.4 is 4.90 Å². The maximum atomic E-state index is 11.5. The number of aliphatic carboxylic acids is 2. The third-order valence-electron chi connectivity index (χ3n) is 13.7. The van der Waals surface area contributed by atoms with Crippen molar-refractivity contribution < 1.29 is 38.7 Å². The topological polar surface area (TPSA) is 162 Å². The Kier molecular flexibility index (Phi) is 13.2. The molecule has 1 aromatic carbocycles. The second-order valence-corrected chi connectivity index (χ2v) is 25.5. The van der Waals surface area contributed by atoms with Crippen molar-refractivity contribution in [1.29, 1.82) is 10.5 Å². The Bertz CT molecular complexity index is 3570. The van der Waals surface area contributed by atoms with Crippen LogP contribution in [0, 0.1) is 28.6 Å². The lowest BCUT2D eigenvalue weighted by Crippen LogP contribution is -2.51. The average Bonchev–Trinajstić information content (AvgIpc) is 4.26. The van der Waals surface area contributed by atoms with E-state index in [1.807, 2.05) is 19.1 Å². The monoisotopic (exact) mass is 1090 g/mol. The summed E-state index contributed by atoms with van der Waals surface area (Å²) in [5.41, 5.74) is 11.4. The normalized spacial score (nSPS) is 26.7. The number of carbonyl (C=O) groups is 2. The first-order chi connectivity index (χ1) is 35.7. The first-order valence-corrected chi connectivity index (χ1v) is 28.3. The van der Waals surface area contributed by atoms with Crippen LogP contribution in [0.3, 0.4) is 0 Å². The molecule has 8 aliphatic rings. The Morgan fingerprint density at radius 1 is 0.905 bits per heavy atom. The Morgan fingerprint density at radius 3 is 2.42 bits per heavy atom. The van der Waals surface area contributed by atoms with Crippen molar-refractivity contribution in [3.8, 4) is 12.1 Å². The number of fused-ring (bicyclic) bond motifs is 6. The fourth-order valence-corrected chi connectivity index (χ4v) is 17.7. The van der Waals surface area contributed by atoms with Gasteiger partial charge in [0, 0.05) is 46.8 Å². The summed E-state index contributed by atoms with van der Waals surface area (Å²) in [4.78, 5) is 32.4. The van der Waals surface area contributed by atoms with Crippen LogP contribution in [0.15, 0.2) is 179 Å². The summed E-state index contributed by atoms with van der Waals surface area (Å²) in [6.07, 6.45) is 24.8. The van der Waals surface area contributed by atoms with Gasteiger partial charge in [0.25, 0.3) is 0 Å². The Morgan fingerprint density at radius 2 is 1.68 bits per heavy atom. The van der Waals surface area contributed by atoms with E-state index in [9.17, 15) is 30.3 Å². The van der Waals surface area contributed by atoms with Crippen LogP contribution >= 0.6 is 69.7 Å². The second kappa shape index (κ2) is 19.7. The number of nitriles is 2. The van der Waals surface area contributed by atoms with Crippen molar-refractivity contribution in [2.45, 2.75) is 61.4 Å². The third-order valence-corrected chi connectivity index (χ3v) is 21.4. The van der Waals surface area contributed by atoms with Gasteiger partial charge in [-0.1, -0.05) is 97.9 Å². The van der Waals surface area contributed by atoms with E-state index in [4.69, 9.17) is 18.9 Å². The molecule has 0 bridgehead atoms. The summed E-state index contributed by atoms with van der Waals surface area (Å²) in [7, 11) is 0. The average molecular weight is 1090 g/mol. The predicted octanol–water partition coefficient (Wildman–Crippen LogP) is 13.7. The Labute approximate surface area is 452 Å². The lowest BCUT2D eigenvalue weighted by Gasteiger charge is -2.51. The van der Waals surface area contributed by atoms with Gasteiger partial charge in [0.1, 0.15) is 54.3 Å². The van der Waals surface area contributed by atoms with E-state index in [-0.39, 0.29) is 46.0 Å². The first kappa shape index (κ1) is 49.7. The quantitative estimate of drug-likeness (QED) is 0.0762. The molecule has 0 saturated carbocycles. The molecule has 2 N–H and O–H groups in total. The molecule has 17 heteroatoms. The number of ether oxygens (including phenoxy) is 4. The van der Waals surface area contributed by atoms with Crippen LogP contribution in [0.5, 0.6) is 0 Å². The van der Waals surface area contributed by atoms with E-state index in [0.29, 0.717) is 18.1 Å². The number of thiophene rings is 2. The van der Waals surface area contributed by atoms with Crippen LogP contribution in [0.25, 0.3) is 21.6 Å². The van der Waals surface area contributed by atoms with Crippen molar-refractivity contribution in [3.63, 3.8) is 0 Å². The number of anilines is 1. The lowest BCUT2D eigenvalue weighted by molar-refractivity contribution is -0.133. The van der Waals surface area contributed by atoms with Gasteiger partial charge in [0.15, 0.2) is 11.9 Å². The highest BCUT2D eigenvalue weighted by Crippen LogP contribution is 2.61. The highest BCUT2D eigenvalue weighted by Gasteiger charge is 2.53. The van der Waals surface area contributed by atoms with Gasteiger partial charge in [0.2, 0.25) is 0 Å². The summed E-state index contributed by atoms with van der Waals surface area (Å²) in [5.74, 6) is -0.874. The number of benzene rings is 1. The second-order valence-electron chi connectivity index (χ2n) is 18.5. The highest BCUT2D eigenvalue weighted by molar-refractivity contribution is 8.14. The summed E-state index contributed by atoms with van der Waals surface area (Å²) >= 11 is 9.38. The van der Waals surface area contributed by atoms with Crippen molar-refractivity contribution in [3.05, 3.63) is 200 Å². The van der Waals surface area contributed by atoms with Gasteiger partial charge < -0.3 is 34.1 Å². The van der Waals surface area contributed by atoms with Crippen molar-refractivity contribution >= 4 is 109 Å². The number of hydrogen-bond donors (Lipinski definition) is 2. The number of thioether (sulfide) groups is 4. The number of carboxylic acid groups (broad SMARTS) is 2. The minimum Gasteiger partial charge on any atom is -0.492 e. The largest absolute Gasteiger partial charge is 0.492 e. The standard InChI is InChI=1S/C57H43N3O8S6/c1-6-34(7-2)60-39-12-8-30(10-14-41-49-51(67-17-16-65-49)52(73-41)47-26-45-43(71-47)24-35(69-45)22-32(28-58)54(61)62)20-37(39)56(3,4)38-21-31(9-13-40(38)60)11-15-42-50-53(68-19-18-66-50)57(5,74-42)48-27-46-44(72-48)25-36(70-46)23-33(29-59)55(63)64/h6-17,20-24,26,38,40,51-53H,1,18-19H2,2-5H3,(H,61,62)(H,63,64)/b14-10+,15-11+,32-22+,33-23+,34-7+. The Hall–Kier alpha value is -6.46. The molecular weight excluding hydrogens is 1050 g/mol. The summed E-state index contributed by atoms with van der Waals surface area (Å²) in [6, 6.07) is 14.3. The number of carboxylic acids is 2. The number of rotatable bonds is 12.